The maximum Gasteiger partial charge on any atom is 0.320 e. The van der Waals surface area contributed by atoms with E-state index in [1.54, 1.807) is 11.3 Å². The topological polar surface area (TPSA) is 106 Å². The van der Waals surface area contributed by atoms with E-state index in [-0.39, 0.29) is 8.88 Å². The van der Waals surface area contributed by atoms with E-state index in [2.05, 4.69) is 40.3 Å². The number of urea groups is 1. The summed E-state index contributed by atoms with van der Waals surface area (Å²) >= 11 is 1.77. The van der Waals surface area contributed by atoms with Gasteiger partial charge in [-0.3, -0.25) is 0 Å². The van der Waals surface area contributed by atoms with Crippen LogP contribution in [0.15, 0.2) is 42.6 Å². The summed E-state index contributed by atoms with van der Waals surface area (Å²) in [5.74, 6) is 0.540. The monoisotopic (exact) mass is 536 g/mol. The largest absolute Gasteiger partial charge is 0.370 e. The van der Waals surface area contributed by atoms with Crippen LogP contribution in [0.1, 0.15) is 34.1 Å². The van der Waals surface area contributed by atoms with Crippen LogP contribution in [0.2, 0.25) is 0 Å². The number of aromatic amines is 1. The summed E-state index contributed by atoms with van der Waals surface area (Å²) in [7, 11) is 0. The highest BCUT2D eigenvalue weighted by atomic mass is 32.1. The minimum absolute atomic E-state index is 0. The lowest BCUT2D eigenvalue weighted by Crippen LogP contribution is -2.44. The molecule has 1 aromatic carbocycles. The van der Waals surface area contributed by atoms with Gasteiger partial charge in [0.25, 0.3) is 0 Å². The first kappa shape index (κ1) is 26.0. The number of rotatable bonds is 9. The number of carbonyl (C=O) groups is 1. The van der Waals surface area contributed by atoms with Gasteiger partial charge >= 0.3 is 6.03 Å². The molecule has 1 aliphatic heterocycles. The molecule has 10 heteroatoms. The quantitative estimate of drug-likeness (QED) is 0.260. The number of amides is 2. The predicted molar refractivity (Wildman–Crippen MR) is 161 cm³/mol. The molecular weight excluding hydrogens is 496 g/mol. The average molecular weight is 537 g/mol. The number of nitrogens with zero attached hydrogens (tertiary/aromatic N) is 5. The van der Waals surface area contributed by atoms with Gasteiger partial charge in [0.05, 0.1) is 10.6 Å². The zero-order valence-corrected chi connectivity index (χ0v) is 23.1. The fraction of sp³-hybridized carbons (Fsp3) is 0.393. The van der Waals surface area contributed by atoms with Crippen molar-refractivity contribution in [3.63, 3.8) is 0 Å². The molecule has 4 heterocycles. The molecule has 204 valence electrons. The van der Waals surface area contributed by atoms with Crippen LogP contribution in [0.25, 0.3) is 21.6 Å². The van der Waals surface area contributed by atoms with Crippen molar-refractivity contribution in [1.82, 2.24) is 24.8 Å². The smallest absolute Gasteiger partial charge is 0.320 e. The fourth-order valence-corrected chi connectivity index (χ4v) is 6.19. The summed E-state index contributed by atoms with van der Waals surface area (Å²) in [6.07, 6.45) is 2.76. The van der Waals surface area contributed by atoms with E-state index in [4.69, 9.17) is 15.7 Å². The molecule has 0 unspecified atom stereocenters. The number of H-pyrrole nitrogens is 1. The molecule has 0 aliphatic carbocycles. The second-order valence-electron chi connectivity index (χ2n) is 9.36. The number of nitrogens with one attached hydrogen (secondary N) is 2. The normalized spacial score (nSPS) is 13.0. The van der Waals surface area contributed by atoms with Gasteiger partial charge in [0, 0.05) is 76.5 Å². The van der Waals surface area contributed by atoms with Crippen LogP contribution < -0.4 is 16.0 Å². The summed E-state index contributed by atoms with van der Waals surface area (Å²) in [5.41, 5.74) is 10.7. The van der Waals surface area contributed by atoms with Crippen molar-refractivity contribution in [3.8, 4) is 10.6 Å². The van der Waals surface area contributed by atoms with Gasteiger partial charge in [0.1, 0.15) is 5.65 Å². The van der Waals surface area contributed by atoms with Crippen molar-refractivity contribution in [2.24, 2.45) is 5.73 Å². The summed E-state index contributed by atoms with van der Waals surface area (Å²) in [6.45, 7) is 11.3. The molecule has 3 aromatic heterocycles. The zero-order chi connectivity index (χ0) is 26.6. The lowest BCUT2D eigenvalue weighted by molar-refractivity contribution is 0.152. The highest BCUT2D eigenvalue weighted by Crippen LogP contribution is 2.37. The van der Waals surface area contributed by atoms with Gasteiger partial charge < -0.3 is 30.7 Å². The van der Waals surface area contributed by atoms with E-state index in [9.17, 15) is 4.79 Å². The van der Waals surface area contributed by atoms with Crippen molar-refractivity contribution in [2.75, 3.05) is 49.5 Å². The first-order valence-electron chi connectivity index (χ1n) is 13.4. The van der Waals surface area contributed by atoms with Gasteiger partial charge in [-0.05, 0) is 63.1 Å². The van der Waals surface area contributed by atoms with Crippen LogP contribution in [0.4, 0.5) is 22.1 Å². The van der Waals surface area contributed by atoms with Crippen LogP contribution >= 0.6 is 11.3 Å². The maximum absolute atomic E-state index is 12.9. The highest BCUT2D eigenvalue weighted by molar-refractivity contribution is 7.15. The van der Waals surface area contributed by atoms with Crippen LogP contribution in [-0.4, -0.2) is 70.1 Å². The Hall–Kier alpha value is -3.63. The van der Waals surface area contributed by atoms with Crippen molar-refractivity contribution < 1.29 is 7.65 Å². The Bertz CT molecular complexity index is 1420. The average Bonchev–Trinajstić information content (AvgIpc) is 3.58. The van der Waals surface area contributed by atoms with Crippen LogP contribution in [0, 0.1) is 0 Å². The Kier molecular flexibility index (Phi) is 7.80. The number of likely N-dealkylation sites (N-methyl/N-ethyl adjacent to an activating group) is 1. The second-order valence-corrected chi connectivity index (χ2v) is 10.5. The molecule has 0 saturated carbocycles. The summed E-state index contributed by atoms with van der Waals surface area (Å²) in [6, 6.07) is 12.6. The summed E-state index contributed by atoms with van der Waals surface area (Å²) in [5, 5.41) is 4.40. The number of hydrogen-bond acceptors (Lipinski definition) is 7. The van der Waals surface area contributed by atoms with Gasteiger partial charge in [0.15, 0.2) is 0 Å². The third kappa shape index (κ3) is 5.19. The molecule has 5 rings (SSSR count). The van der Waals surface area contributed by atoms with Gasteiger partial charge in [-0.2, -0.15) is 4.98 Å². The second kappa shape index (κ2) is 11.4. The van der Waals surface area contributed by atoms with E-state index in [1.165, 1.54) is 10.4 Å². The Labute approximate surface area is 230 Å². The standard InChI is InChI=1S/C28H36N8OS.2H2/c1-4-34(5-2)28(37)36-14-11-23-19(18-36)16-24(38-23)25-22-10-13-30-26(22)33-27(32-25)31-20-8-7-9-21(17-20)35(6-3)15-12-29;;/h7-10,13,16-17H,4-6,11-12,14-15,18,29H2,1-3H3,(H2,30,31,32,33);2*1H. The van der Waals surface area contributed by atoms with Gasteiger partial charge in [0.2, 0.25) is 5.95 Å². The molecule has 4 N–H and O–H groups in total. The number of hydrogen-bond donors (Lipinski definition) is 3. The van der Waals surface area contributed by atoms with Crippen LogP contribution in [0.5, 0.6) is 0 Å². The molecule has 0 radical (unpaired) electrons. The van der Waals surface area contributed by atoms with Crippen molar-refractivity contribution in [1.29, 1.82) is 0 Å². The minimum Gasteiger partial charge on any atom is -0.370 e. The zero-order valence-electron chi connectivity index (χ0n) is 22.3. The van der Waals surface area contributed by atoms with E-state index < -0.39 is 0 Å². The molecule has 38 heavy (non-hydrogen) atoms. The molecule has 0 fully saturated rings. The van der Waals surface area contributed by atoms with Gasteiger partial charge in [-0.25, -0.2) is 9.78 Å². The Morgan fingerprint density at radius 2 is 2.03 bits per heavy atom. The van der Waals surface area contributed by atoms with E-state index in [0.29, 0.717) is 19.0 Å². The van der Waals surface area contributed by atoms with Crippen LogP contribution in [-0.2, 0) is 13.0 Å². The van der Waals surface area contributed by atoms with E-state index >= 15 is 0 Å². The number of carbonyl (C=O) groups excluding carboxylic acids is 1. The number of nitrogens with two attached hydrogens (primary N) is 1. The summed E-state index contributed by atoms with van der Waals surface area (Å²) in [4.78, 5) is 34.4. The third-order valence-corrected chi connectivity index (χ3v) is 8.31. The molecule has 0 saturated heterocycles. The van der Waals surface area contributed by atoms with Crippen molar-refractivity contribution >= 4 is 45.7 Å². The van der Waals surface area contributed by atoms with E-state index in [0.717, 1.165) is 72.1 Å². The number of anilines is 3. The number of aromatic nitrogens is 3. The molecular formula is C28H40N8OS. The molecule has 0 spiro atoms. The molecule has 1 aliphatic rings. The third-order valence-electron chi connectivity index (χ3n) is 7.07. The Balaban J connectivity index is 0.00000220. The lowest BCUT2D eigenvalue weighted by Gasteiger charge is -2.31. The number of thiophene rings is 1. The van der Waals surface area contributed by atoms with Crippen LogP contribution in [0.3, 0.4) is 0 Å². The summed E-state index contributed by atoms with van der Waals surface area (Å²) < 4.78 is 0. The number of fused-ring (bicyclic) bond motifs is 2. The fourth-order valence-electron chi connectivity index (χ4n) is 5.03. The molecule has 2 amide bonds. The minimum atomic E-state index is 0. The molecule has 0 bridgehead atoms. The first-order chi connectivity index (χ1) is 18.5. The van der Waals surface area contributed by atoms with E-state index in [1.807, 2.05) is 48.0 Å². The molecule has 9 nitrogen and oxygen atoms in total. The first-order valence-corrected chi connectivity index (χ1v) is 14.2. The Morgan fingerprint density at radius 1 is 1.18 bits per heavy atom. The molecule has 0 atom stereocenters. The SMILES string of the molecule is CCN(CC)C(=O)N1CCc2sc(-c3nc(Nc4cccc(N(CC)CCN)c4)nc4[nH]ccc34)cc2C1.[HH].[HH]. The van der Waals surface area contributed by atoms with Gasteiger partial charge in [-0.1, -0.05) is 6.07 Å². The van der Waals surface area contributed by atoms with Crippen molar-refractivity contribution in [2.45, 2.75) is 33.7 Å². The number of benzene rings is 1. The maximum atomic E-state index is 12.9. The lowest BCUT2D eigenvalue weighted by atomic mass is 10.1. The van der Waals surface area contributed by atoms with Gasteiger partial charge in [-0.15, -0.1) is 11.3 Å². The Morgan fingerprint density at radius 3 is 2.79 bits per heavy atom. The van der Waals surface area contributed by atoms with Crippen molar-refractivity contribution in [3.05, 3.63) is 53.0 Å². The predicted octanol–water partition coefficient (Wildman–Crippen LogP) is 5.53. The highest BCUT2D eigenvalue weighted by Gasteiger charge is 2.26. The molecule has 4 aromatic rings.